The van der Waals surface area contributed by atoms with Crippen molar-refractivity contribution in [2.75, 3.05) is 13.1 Å². The summed E-state index contributed by atoms with van der Waals surface area (Å²) in [6, 6.07) is 4.82. The fourth-order valence-corrected chi connectivity index (χ4v) is 2.87. The molecule has 0 spiro atoms. The molecule has 0 saturated carbocycles. The van der Waals surface area contributed by atoms with E-state index in [4.69, 9.17) is 4.74 Å². The van der Waals surface area contributed by atoms with Crippen LogP contribution in [0, 0.1) is 10.1 Å². The molecule has 21 heavy (non-hydrogen) atoms. The average Bonchev–Trinajstić information content (AvgIpc) is 2.80. The number of nitro groups is 1. The number of rotatable bonds is 3. The number of nitro benzene ring substituents is 1. The van der Waals surface area contributed by atoms with Crippen LogP contribution >= 0.6 is 0 Å². The minimum absolute atomic E-state index is 0.0907. The maximum Gasteiger partial charge on any atom is 0.271 e. The Labute approximate surface area is 122 Å². The van der Waals surface area contributed by atoms with E-state index in [1.165, 1.54) is 6.07 Å². The zero-order valence-corrected chi connectivity index (χ0v) is 12.1. The first kappa shape index (κ1) is 14.0. The molecule has 1 aliphatic rings. The van der Waals surface area contributed by atoms with Gasteiger partial charge < -0.3 is 4.74 Å². The minimum Gasteiger partial charge on any atom is -0.373 e. The molecule has 2 aromatic rings. The average molecular weight is 290 g/mol. The van der Waals surface area contributed by atoms with Crippen LogP contribution in [0.5, 0.6) is 0 Å². The molecule has 0 aliphatic carbocycles. The summed E-state index contributed by atoms with van der Waals surface area (Å²) < 4.78 is 7.53. The number of hydrogen-bond donors (Lipinski definition) is 0. The van der Waals surface area contributed by atoms with Gasteiger partial charge in [-0.25, -0.2) is 0 Å². The minimum atomic E-state index is -0.379. The van der Waals surface area contributed by atoms with E-state index in [2.05, 4.69) is 23.8 Å². The van der Waals surface area contributed by atoms with Gasteiger partial charge in [-0.05, 0) is 19.9 Å². The largest absolute Gasteiger partial charge is 0.373 e. The van der Waals surface area contributed by atoms with Crippen LogP contribution in [0.15, 0.2) is 24.4 Å². The fourth-order valence-electron chi connectivity index (χ4n) is 2.87. The Balaban J connectivity index is 1.86. The number of aromatic nitrogens is 2. The number of non-ortho nitro benzene ring substituents is 1. The summed E-state index contributed by atoms with van der Waals surface area (Å²) in [7, 11) is 0. The van der Waals surface area contributed by atoms with Crippen LogP contribution in [-0.2, 0) is 11.4 Å². The first-order chi connectivity index (χ1) is 10.0. The molecule has 1 aliphatic heterocycles. The Morgan fingerprint density at radius 2 is 2.10 bits per heavy atom. The van der Waals surface area contributed by atoms with E-state index in [9.17, 15) is 10.1 Å². The molecule has 0 bridgehead atoms. The summed E-state index contributed by atoms with van der Waals surface area (Å²) in [4.78, 5) is 12.8. The topological polar surface area (TPSA) is 73.4 Å². The lowest BCUT2D eigenvalue weighted by atomic mass is 10.2. The van der Waals surface area contributed by atoms with E-state index in [-0.39, 0.29) is 22.8 Å². The zero-order valence-electron chi connectivity index (χ0n) is 12.1. The summed E-state index contributed by atoms with van der Waals surface area (Å²) >= 11 is 0. The number of benzene rings is 1. The van der Waals surface area contributed by atoms with Gasteiger partial charge in [0.1, 0.15) is 0 Å². The molecule has 0 amide bonds. The lowest BCUT2D eigenvalue weighted by Gasteiger charge is -2.35. The molecule has 2 atom stereocenters. The highest BCUT2D eigenvalue weighted by Crippen LogP contribution is 2.21. The normalized spacial score (nSPS) is 23.5. The van der Waals surface area contributed by atoms with E-state index in [0.29, 0.717) is 6.67 Å². The second-order valence-electron chi connectivity index (χ2n) is 5.58. The second-order valence-corrected chi connectivity index (χ2v) is 5.58. The van der Waals surface area contributed by atoms with E-state index in [0.717, 1.165) is 24.0 Å². The Hall–Kier alpha value is -1.99. The summed E-state index contributed by atoms with van der Waals surface area (Å²) in [6.45, 7) is 6.38. The predicted octanol–water partition coefficient (Wildman–Crippen LogP) is 2.01. The van der Waals surface area contributed by atoms with Gasteiger partial charge in [-0.3, -0.25) is 19.7 Å². The van der Waals surface area contributed by atoms with E-state index in [1.54, 1.807) is 18.3 Å². The first-order valence-corrected chi connectivity index (χ1v) is 7.00. The van der Waals surface area contributed by atoms with Crippen molar-refractivity contribution >= 4 is 16.6 Å². The molecule has 7 nitrogen and oxygen atoms in total. The molecule has 0 N–H and O–H groups in total. The van der Waals surface area contributed by atoms with Gasteiger partial charge in [-0.2, -0.15) is 5.10 Å². The number of hydrogen-bond acceptors (Lipinski definition) is 5. The van der Waals surface area contributed by atoms with Gasteiger partial charge >= 0.3 is 0 Å². The molecule has 1 aromatic heterocycles. The summed E-state index contributed by atoms with van der Waals surface area (Å²) in [5, 5.41) is 16.2. The first-order valence-electron chi connectivity index (χ1n) is 7.00. The molecular formula is C14H18N4O3. The highest BCUT2D eigenvalue weighted by molar-refractivity contribution is 5.80. The second kappa shape index (κ2) is 5.42. The van der Waals surface area contributed by atoms with Gasteiger partial charge in [-0.15, -0.1) is 0 Å². The van der Waals surface area contributed by atoms with Gasteiger partial charge in [0.2, 0.25) is 0 Å². The van der Waals surface area contributed by atoms with Crippen molar-refractivity contribution in [3.05, 3.63) is 34.5 Å². The lowest BCUT2D eigenvalue weighted by molar-refractivity contribution is -0.384. The Morgan fingerprint density at radius 3 is 2.76 bits per heavy atom. The highest BCUT2D eigenvalue weighted by atomic mass is 16.6. The van der Waals surface area contributed by atoms with Crippen LogP contribution in [0.4, 0.5) is 5.69 Å². The van der Waals surface area contributed by atoms with Gasteiger partial charge in [0.15, 0.2) is 0 Å². The standard InChI is InChI=1S/C14H18N4O3/c1-10-7-16(8-11(2)21-10)9-17-14-5-13(18(19)20)4-3-12(14)6-15-17/h3-6,10-11H,7-9H2,1-2H3/t10-,11-/m1/s1. The Morgan fingerprint density at radius 1 is 1.38 bits per heavy atom. The molecule has 0 radical (unpaired) electrons. The van der Waals surface area contributed by atoms with Crippen LogP contribution in [0.3, 0.4) is 0 Å². The van der Waals surface area contributed by atoms with Crippen molar-refractivity contribution in [1.82, 2.24) is 14.7 Å². The fraction of sp³-hybridized carbons (Fsp3) is 0.500. The molecule has 0 unspecified atom stereocenters. The molecular weight excluding hydrogens is 272 g/mol. The van der Waals surface area contributed by atoms with Gasteiger partial charge in [-0.1, -0.05) is 0 Å². The summed E-state index contributed by atoms with van der Waals surface area (Å²) in [5.74, 6) is 0. The summed E-state index contributed by atoms with van der Waals surface area (Å²) in [6.07, 6.45) is 2.11. The highest BCUT2D eigenvalue weighted by Gasteiger charge is 2.23. The third-order valence-corrected chi connectivity index (χ3v) is 3.67. The Kier molecular flexibility index (Phi) is 3.60. The third kappa shape index (κ3) is 2.88. The van der Waals surface area contributed by atoms with Crippen molar-refractivity contribution in [3.8, 4) is 0 Å². The lowest BCUT2D eigenvalue weighted by Crippen LogP contribution is -2.45. The molecule has 7 heteroatoms. The molecule has 1 fully saturated rings. The maximum absolute atomic E-state index is 10.9. The van der Waals surface area contributed by atoms with Crippen molar-refractivity contribution < 1.29 is 9.66 Å². The van der Waals surface area contributed by atoms with Crippen molar-refractivity contribution in [1.29, 1.82) is 0 Å². The SMILES string of the molecule is C[C@@H]1CN(Cn2ncc3ccc([N+](=O)[O-])cc32)C[C@@H](C)O1. The molecule has 3 rings (SSSR count). The number of morpholine rings is 1. The quantitative estimate of drug-likeness (QED) is 0.638. The monoisotopic (exact) mass is 290 g/mol. The maximum atomic E-state index is 10.9. The number of nitrogens with zero attached hydrogens (tertiary/aromatic N) is 4. The van der Waals surface area contributed by atoms with Crippen molar-refractivity contribution in [2.45, 2.75) is 32.7 Å². The molecule has 112 valence electrons. The third-order valence-electron chi connectivity index (χ3n) is 3.67. The Bertz CT molecular complexity index is 659. The van der Waals surface area contributed by atoms with E-state index in [1.807, 2.05) is 4.68 Å². The van der Waals surface area contributed by atoms with E-state index < -0.39 is 0 Å². The van der Waals surface area contributed by atoms with Crippen LogP contribution in [0.1, 0.15) is 13.8 Å². The predicted molar refractivity (Wildman–Crippen MR) is 78.0 cm³/mol. The molecule has 2 heterocycles. The van der Waals surface area contributed by atoms with Crippen LogP contribution in [-0.4, -0.2) is 44.9 Å². The number of fused-ring (bicyclic) bond motifs is 1. The van der Waals surface area contributed by atoms with Gasteiger partial charge in [0.05, 0.1) is 35.5 Å². The van der Waals surface area contributed by atoms with Crippen molar-refractivity contribution in [3.63, 3.8) is 0 Å². The van der Waals surface area contributed by atoms with Crippen LogP contribution in [0.2, 0.25) is 0 Å². The molecule has 1 aromatic carbocycles. The number of ether oxygens (including phenoxy) is 1. The molecule has 1 saturated heterocycles. The van der Waals surface area contributed by atoms with Gasteiger partial charge in [0, 0.05) is 30.6 Å². The smallest absolute Gasteiger partial charge is 0.271 e. The van der Waals surface area contributed by atoms with Crippen molar-refractivity contribution in [2.24, 2.45) is 0 Å². The van der Waals surface area contributed by atoms with Crippen LogP contribution < -0.4 is 0 Å². The summed E-state index contributed by atoms with van der Waals surface area (Å²) in [5.41, 5.74) is 0.879. The zero-order chi connectivity index (χ0) is 15.0. The van der Waals surface area contributed by atoms with Crippen LogP contribution in [0.25, 0.3) is 10.9 Å². The van der Waals surface area contributed by atoms with Gasteiger partial charge in [0.25, 0.3) is 5.69 Å². The van der Waals surface area contributed by atoms with E-state index >= 15 is 0 Å².